The zero-order chi connectivity index (χ0) is 21.5. The van der Waals surface area contributed by atoms with Gasteiger partial charge in [-0.05, 0) is 47.9 Å². The van der Waals surface area contributed by atoms with Crippen molar-refractivity contribution in [1.82, 2.24) is 5.32 Å². The highest BCUT2D eigenvalue weighted by Gasteiger charge is 2.29. The third kappa shape index (κ3) is 5.75. The molecule has 5 nitrogen and oxygen atoms in total. The van der Waals surface area contributed by atoms with E-state index >= 15 is 0 Å². The van der Waals surface area contributed by atoms with Crippen LogP contribution in [0.4, 0.5) is 0 Å². The van der Waals surface area contributed by atoms with Gasteiger partial charge < -0.3 is 19.7 Å². The van der Waals surface area contributed by atoms with Gasteiger partial charge in [-0.2, -0.15) is 0 Å². The van der Waals surface area contributed by atoms with Gasteiger partial charge in [0.05, 0.1) is 32.8 Å². The fraction of sp³-hybridized carbons (Fsp3) is 0.458. The van der Waals surface area contributed by atoms with Crippen molar-refractivity contribution in [3.05, 3.63) is 64.7 Å². The number of hydrogen-bond donors (Lipinski definition) is 2. The second kappa shape index (κ2) is 10.8. The lowest BCUT2D eigenvalue weighted by Gasteiger charge is -2.32. The highest BCUT2D eigenvalue weighted by atomic mass is 35.5. The maximum atomic E-state index is 13.2. The first kappa shape index (κ1) is 22.6. The van der Waals surface area contributed by atoms with Crippen molar-refractivity contribution in [2.24, 2.45) is 5.92 Å². The summed E-state index contributed by atoms with van der Waals surface area (Å²) in [5, 5.41) is 3.91. The molecule has 6 heteroatoms. The van der Waals surface area contributed by atoms with Gasteiger partial charge >= 0.3 is 0 Å². The number of rotatable bonds is 8. The van der Waals surface area contributed by atoms with Crippen LogP contribution in [0, 0.1) is 5.92 Å². The lowest BCUT2D eigenvalue weighted by molar-refractivity contribution is -0.937. The molecule has 1 fully saturated rings. The maximum Gasteiger partial charge on any atom is 0.228 e. The molecule has 2 aromatic carbocycles. The lowest BCUT2D eigenvalue weighted by atomic mass is 9.87. The Morgan fingerprint density at radius 2 is 1.67 bits per heavy atom. The predicted octanol–water partition coefficient (Wildman–Crippen LogP) is 2.86. The van der Waals surface area contributed by atoms with Crippen LogP contribution in [0.25, 0.3) is 0 Å². The summed E-state index contributed by atoms with van der Waals surface area (Å²) in [6, 6.07) is 15.9. The summed E-state index contributed by atoms with van der Waals surface area (Å²) in [6.45, 7) is 8.08. The Labute approximate surface area is 184 Å². The zero-order valence-electron chi connectivity index (χ0n) is 18.0. The zero-order valence-corrected chi connectivity index (χ0v) is 18.7. The van der Waals surface area contributed by atoms with E-state index in [1.54, 1.807) is 7.11 Å². The molecule has 2 aromatic rings. The van der Waals surface area contributed by atoms with Gasteiger partial charge in [0.1, 0.15) is 24.9 Å². The average Bonchev–Trinajstić information content (AvgIpc) is 2.76. The number of carbonyl (C=O) groups excluding carboxylic acids is 1. The molecular weight excluding hydrogens is 400 g/mol. The number of hydrogen-bond acceptors (Lipinski definition) is 3. The van der Waals surface area contributed by atoms with Crippen molar-refractivity contribution >= 4 is 17.5 Å². The largest absolute Gasteiger partial charge is 0.497 e. The second-order valence-corrected chi connectivity index (χ2v) is 8.55. The number of halogens is 1. The van der Waals surface area contributed by atoms with E-state index in [0.29, 0.717) is 11.6 Å². The van der Waals surface area contributed by atoms with Gasteiger partial charge in [-0.1, -0.05) is 37.6 Å². The standard InChI is InChI=1S/C24H31ClN2O3/c1-17(2)23(19-4-8-20(25)9-5-19)24(28)26-16-22(27-12-14-30-15-13-27)18-6-10-21(29-3)11-7-18/h4-11,17,22-23H,12-16H2,1-3H3,(H,26,28)/p+1/t22-,23+/m0/s1. The van der Waals surface area contributed by atoms with Gasteiger partial charge in [-0.3, -0.25) is 4.79 Å². The quantitative estimate of drug-likeness (QED) is 0.675. The number of morpholine rings is 1. The highest BCUT2D eigenvalue weighted by Crippen LogP contribution is 2.26. The SMILES string of the molecule is COc1ccc([C@H](CNC(=O)[C@@H](c2ccc(Cl)cc2)C(C)C)[NH+]2CCOCC2)cc1. The van der Waals surface area contributed by atoms with Crippen LogP contribution >= 0.6 is 11.6 Å². The summed E-state index contributed by atoms with van der Waals surface area (Å²) in [5.74, 6) is 0.861. The Balaban J connectivity index is 1.75. The van der Waals surface area contributed by atoms with Gasteiger partial charge in [0.25, 0.3) is 0 Å². The van der Waals surface area contributed by atoms with Crippen LogP contribution in [0.15, 0.2) is 48.5 Å². The molecule has 0 aliphatic carbocycles. The number of quaternary nitrogens is 1. The third-order valence-electron chi connectivity index (χ3n) is 5.80. The molecule has 0 aromatic heterocycles. The van der Waals surface area contributed by atoms with Gasteiger partial charge in [0.15, 0.2) is 0 Å². The molecule has 1 saturated heterocycles. The highest BCUT2D eigenvalue weighted by molar-refractivity contribution is 6.30. The van der Waals surface area contributed by atoms with Crippen molar-refractivity contribution in [2.45, 2.75) is 25.8 Å². The van der Waals surface area contributed by atoms with Gasteiger partial charge in [0.2, 0.25) is 5.91 Å². The predicted molar refractivity (Wildman–Crippen MR) is 119 cm³/mol. The number of nitrogens with one attached hydrogen (secondary N) is 2. The van der Waals surface area contributed by atoms with Crippen LogP contribution in [-0.2, 0) is 9.53 Å². The van der Waals surface area contributed by atoms with E-state index in [-0.39, 0.29) is 23.8 Å². The van der Waals surface area contributed by atoms with Crippen molar-refractivity contribution in [1.29, 1.82) is 0 Å². The molecular formula is C24H32ClN2O3+. The van der Waals surface area contributed by atoms with Crippen LogP contribution in [0.2, 0.25) is 5.02 Å². The van der Waals surface area contributed by atoms with E-state index < -0.39 is 0 Å². The third-order valence-corrected chi connectivity index (χ3v) is 6.06. The van der Waals surface area contributed by atoms with Crippen molar-refractivity contribution < 1.29 is 19.2 Å². The summed E-state index contributed by atoms with van der Waals surface area (Å²) in [7, 11) is 1.67. The Morgan fingerprint density at radius 3 is 2.23 bits per heavy atom. The smallest absolute Gasteiger partial charge is 0.228 e. The Bertz CT molecular complexity index is 802. The molecule has 1 amide bonds. The van der Waals surface area contributed by atoms with E-state index in [1.165, 1.54) is 10.5 Å². The Kier molecular flexibility index (Phi) is 8.14. The van der Waals surface area contributed by atoms with E-state index in [0.717, 1.165) is 37.6 Å². The first-order chi connectivity index (χ1) is 14.5. The van der Waals surface area contributed by atoms with Crippen LogP contribution < -0.4 is 15.0 Å². The summed E-state index contributed by atoms with van der Waals surface area (Å²) < 4.78 is 10.8. The normalized spacial score (nSPS) is 16.8. The fourth-order valence-corrected chi connectivity index (χ4v) is 4.26. The molecule has 0 bridgehead atoms. The van der Waals surface area contributed by atoms with Crippen molar-refractivity contribution in [3.63, 3.8) is 0 Å². The van der Waals surface area contributed by atoms with Crippen LogP contribution in [-0.4, -0.2) is 45.9 Å². The lowest BCUT2D eigenvalue weighted by Crippen LogP contribution is -3.15. The van der Waals surface area contributed by atoms with Crippen LogP contribution in [0.3, 0.4) is 0 Å². The second-order valence-electron chi connectivity index (χ2n) is 8.11. The molecule has 1 heterocycles. The number of carbonyl (C=O) groups is 1. The summed E-state index contributed by atoms with van der Waals surface area (Å²) >= 11 is 6.03. The molecule has 0 spiro atoms. The average molecular weight is 432 g/mol. The van der Waals surface area contributed by atoms with E-state index in [9.17, 15) is 4.79 Å². The Hall–Kier alpha value is -2.08. The molecule has 3 rings (SSSR count). The first-order valence-corrected chi connectivity index (χ1v) is 11.0. The molecule has 0 unspecified atom stereocenters. The van der Waals surface area contributed by atoms with Gasteiger partial charge in [-0.25, -0.2) is 0 Å². The number of ether oxygens (including phenoxy) is 2. The molecule has 2 atom stereocenters. The molecule has 1 aliphatic rings. The molecule has 1 aliphatic heterocycles. The fourth-order valence-electron chi connectivity index (χ4n) is 4.14. The van der Waals surface area contributed by atoms with Crippen LogP contribution in [0.1, 0.15) is 36.9 Å². The number of benzene rings is 2. The molecule has 162 valence electrons. The number of methoxy groups -OCH3 is 1. The molecule has 2 N–H and O–H groups in total. The van der Waals surface area contributed by atoms with E-state index in [2.05, 4.69) is 31.3 Å². The number of amides is 1. The summed E-state index contributed by atoms with van der Waals surface area (Å²) in [4.78, 5) is 14.6. The van der Waals surface area contributed by atoms with E-state index in [4.69, 9.17) is 21.1 Å². The minimum Gasteiger partial charge on any atom is -0.497 e. The minimum absolute atomic E-state index is 0.0542. The first-order valence-electron chi connectivity index (χ1n) is 10.6. The molecule has 30 heavy (non-hydrogen) atoms. The monoisotopic (exact) mass is 431 g/mol. The van der Waals surface area contributed by atoms with Crippen LogP contribution in [0.5, 0.6) is 5.75 Å². The molecule has 0 saturated carbocycles. The summed E-state index contributed by atoms with van der Waals surface area (Å²) in [6.07, 6.45) is 0. The maximum absolute atomic E-state index is 13.2. The van der Waals surface area contributed by atoms with Crippen molar-refractivity contribution in [2.75, 3.05) is 40.0 Å². The summed E-state index contributed by atoms with van der Waals surface area (Å²) in [5.41, 5.74) is 2.19. The minimum atomic E-state index is -0.210. The van der Waals surface area contributed by atoms with Crippen molar-refractivity contribution in [3.8, 4) is 5.75 Å². The van der Waals surface area contributed by atoms with Gasteiger partial charge in [0, 0.05) is 10.6 Å². The van der Waals surface area contributed by atoms with E-state index in [1.807, 2.05) is 36.4 Å². The topological polar surface area (TPSA) is 52.0 Å². The molecule has 0 radical (unpaired) electrons. The Morgan fingerprint density at radius 1 is 1.07 bits per heavy atom. The van der Waals surface area contributed by atoms with Gasteiger partial charge in [-0.15, -0.1) is 0 Å².